The molecule has 1 unspecified atom stereocenters. The number of aliphatic hydroxyl groups is 1. The highest BCUT2D eigenvalue weighted by Crippen LogP contribution is 2.20. The van der Waals surface area contributed by atoms with Crippen molar-refractivity contribution in [1.29, 1.82) is 0 Å². The third-order valence-corrected chi connectivity index (χ3v) is 4.41. The molecule has 0 radical (unpaired) electrons. The van der Waals surface area contributed by atoms with E-state index in [0.29, 0.717) is 6.04 Å². The summed E-state index contributed by atoms with van der Waals surface area (Å²) in [6.07, 6.45) is 3.39. The smallest absolute Gasteiger partial charge is 0.0436 e. The quantitative estimate of drug-likeness (QED) is 0.810. The minimum atomic E-state index is 0.177. The largest absolute Gasteiger partial charge is 0.396 e. The van der Waals surface area contributed by atoms with Crippen LogP contribution in [0.1, 0.15) is 38.7 Å². The summed E-state index contributed by atoms with van der Waals surface area (Å²) in [7, 11) is 0. The second kappa shape index (κ2) is 7.92. The number of rotatable bonds is 7. The summed E-state index contributed by atoms with van der Waals surface area (Å²) in [4.78, 5) is 2.55. The van der Waals surface area contributed by atoms with Gasteiger partial charge in [0.2, 0.25) is 0 Å². The summed E-state index contributed by atoms with van der Waals surface area (Å²) in [5.74, 6) is 0. The van der Waals surface area contributed by atoms with Gasteiger partial charge in [-0.15, -0.1) is 0 Å². The number of likely N-dealkylation sites (tertiary alicyclic amines) is 1. The zero-order chi connectivity index (χ0) is 15.1. The van der Waals surface area contributed by atoms with Gasteiger partial charge in [0.05, 0.1) is 0 Å². The van der Waals surface area contributed by atoms with Crippen molar-refractivity contribution in [3.63, 3.8) is 0 Å². The Morgan fingerprint density at radius 3 is 2.76 bits per heavy atom. The lowest BCUT2D eigenvalue weighted by Crippen LogP contribution is -2.47. The van der Waals surface area contributed by atoms with Crippen LogP contribution in [0.15, 0.2) is 30.3 Å². The summed E-state index contributed by atoms with van der Waals surface area (Å²) >= 11 is 0. The second-order valence-corrected chi connectivity index (χ2v) is 7.08. The van der Waals surface area contributed by atoms with Gasteiger partial charge in [-0.25, -0.2) is 0 Å². The van der Waals surface area contributed by atoms with Crippen molar-refractivity contribution < 1.29 is 5.11 Å². The van der Waals surface area contributed by atoms with E-state index in [-0.39, 0.29) is 12.0 Å². The van der Waals surface area contributed by atoms with Crippen LogP contribution in [-0.2, 0) is 6.54 Å². The van der Waals surface area contributed by atoms with Gasteiger partial charge in [0.25, 0.3) is 0 Å². The maximum absolute atomic E-state index is 9.11. The summed E-state index contributed by atoms with van der Waals surface area (Å²) < 4.78 is 0. The highest BCUT2D eigenvalue weighted by Gasteiger charge is 2.23. The first-order valence-corrected chi connectivity index (χ1v) is 8.19. The van der Waals surface area contributed by atoms with Gasteiger partial charge in [-0.3, -0.25) is 4.90 Å². The Morgan fingerprint density at radius 2 is 2.05 bits per heavy atom. The van der Waals surface area contributed by atoms with Crippen molar-refractivity contribution in [3.05, 3.63) is 35.9 Å². The van der Waals surface area contributed by atoms with E-state index in [0.717, 1.165) is 26.1 Å². The van der Waals surface area contributed by atoms with E-state index in [1.54, 1.807) is 0 Å². The van der Waals surface area contributed by atoms with Gasteiger partial charge in [0.15, 0.2) is 0 Å². The molecule has 2 N–H and O–H groups in total. The van der Waals surface area contributed by atoms with Crippen molar-refractivity contribution >= 4 is 0 Å². The van der Waals surface area contributed by atoms with Gasteiger partial charge >= 0.3 is 0 Å². The highest BCUT2D eigenvalue weighted by atomic mass is 16.3. The monoisotopic (exact) mass is 290 g/mol. The normalized spacial score (nSPS) is 20.6. The maximum atomic E-state index is 9.11. The Hall–Kier alpha value is -0.900. The Bertz CT molecular complexity index is 405. The van der Waals surface area contributed by atoms with Crippen LogP contribution in [0, 0.1) is 5.41 Å². The molecule has 0 aliphatic carbocycles. The van der Waals surface area contributed by atoms with Crippen molar-refractivity contribution in [2.24, 2.45) is 5.41 Å². The molecule has 0 saturated carbocycles. The molecule has 0 aromatic heterocycles. The van der Waals surface area contributed by atoms with Crippen molar-refractivity contribution in [2.45, 2.75) is 45.7 Å². The molecule has 1 saturated heterocycles. The lowest BCUT2D eigenvalue weighted by atomic mass is 9.89. The fraction of sp³-hybridized carbons (Fsp3) is 0.667. The number of benzene rings is 1. The van der Waals surface area contributed by atoms with Crippen LogP contribution < -0.4 is 5.32 Å². The lowest BCUT2D eigenvalue weighted by Gasteiger charge is -2.35. The molecule has 118 valence electrons. The fourth-order valence-electron chi connectivity index (χ4n) is 3.02. The number of nitrogens with one attached hydrogen (secondary N) is 1. The van der Waals surface area contributed by atoms with Gasteiger partial charge in [-0.1, -0.05) is 44.2 Å². The van der Waals surface area contributed by atoms with Crippen LogP contribution in [0.3, 0.4) is 0 Å². The molecule has 0 bridgehead atoms. The number of piperidine rings is 1. The van der Waals surface area contributed by atoms with Gasteiger partial charge in [-0.2, -0.15) is 0 Å². The number of aliphatic hydroxyl groups excluding tert-OH is 1. The van der Waals surface area contributed by atoms with E-state index in [4.69, 9.17) is 5.11 Å². The van der Waals surface area contributed by atoms with Gasteiger partial charge in [0.1, 0.15) is 0 Å². The first kappa shape index (κ1) is 16.5. The molecule has 1 aromatic carbocycles. The van der Waals surface area contributed by atoms with Crippen molar-refractivity contribution in [3.8, 4) is 0 Å². The molecular formula is C18H30N2O. The highest BCUT2D eigenvalue weighted by molar-refractivity contribution is 5.14. The minimum Gasteiger partial charge on any atom is -0.396 e. The van der Waals surface area contributed by atoms with Crippen LogP contribution in [0.2, 0.25) is 0 Å². The number of hydrogen-bond donors (Lipinski definition) is 2. The Kier molecular flexibility index (Phi) is 6.22. The van der Waals surface area contributed by atoms with E-state index in [9.17, 15) is 0 Å². The van der Waals surface area contributed by atoms with Crippen LogP contribution in [0.25, 0.3) is 0 Å². The molecule has 1 aromatic rings. The average Bonchev–Trinajstić information content (AvgIpc) is 2.47. The molecule has 1 atom stereocenters. The Morgan fingerprint density at radius 1 is 1.29 bits per heavy atom. The average molecular weight is 290 g/mol. The predicted molar refractivity (Wildman–Crippen MR) is 88.2 cm³/mol. The Labute approximate surface area is 129 Å². The van der Waals surface area contributed by atoms with Gasteiger partial charge in [-0.05, 0) is 36.8 Å². The van der Waals surface area contributed by atoms with Crippen LogP contribution in [0.4, 0.5) is 0 Å². The van der Waals surface area contributed by atoms with Crippen LogP contribution in [-0.4, -0.2) is 42.3 Å². The van der Waals surface area contributed by atoms with Crippen LogP contribution >= 0.6 is 0 Å². The molecule has 2 rings (SSSR count). The first-order valence-electron chi connectivity index (χ1n) is 8.19. The van der Waals surface area contributed by atoms with E-state index in [2.05, 4.69) is 54.4 Å². The molecule has 1 aliphatic rings. The fourth-order valence-corrected chi connectivity index (χ4v) is 3.02. The molecular weight excluding hydrogens is 260 g/mol. The third kappa shape index (κ3) is 5.77. The summed E-state index contributed by atoms with van der Waals surface area (Å²) in [5, 5.41) is 12.8. The van der Waals surface area contributed by atoms with E-state index in [1.165, 1.54) is 24.9 Å². The molecule has 21 heavy (non-hydrogen) atoms. The van der Waals surface area contributed by atoms with Crippen molar-refractivity contribution in [1.82, 2.24) is 10.2 Å². The van der Waals surface area contributed by atoms with E-state index < -0.39 is 0 Å². The molecule has 3 nitrogen and oxygen atoms in total. The van der Waals surface area contributed by atoms with Crippen molar-refractivity contribution in [2.75, 3.05) is 26.2 Å². The van der Waals surface area contributed by atoms with E-state index in [1.807, 2.05) is 0 Å². The van der Waals surface area contributed by atoms with Gasteiger partial charge < -0.3 is 10.4 Å². The maximum Gasteiger partial charge on any atom is 0.0436 e. The second-order valence-electron chi connectivity index (χ2n) is 7.08. The minimum absolute atomic E-state index is 0.177. The SMILES string of the molecule is CC(C)(CCO)CNC1CCCN(Cc2ccccc2)C1. The Balaban J connectivity index is 1.78. The topological polar surface area (TPSA) is 35.5 Å². The molecule has 1 heterocycles. The molecule has 0 amide bonds. The lowest BCUT2D eigenvalue weighted by molar-refractivity contribution is 0.161. The zero-order valence-electron chi connectivity index (χ0n) is 13.5. The molecule has 0 spiro atoms. The third-order valence-electron chi connectivity index (χ3n) is 4.41. The number of hydrogen-bond acceptors (Lipinski definition) is 3. The molecule has 3 heteroatoms. The molecule has 1 aliphatic heterocycles. The standard InChI is InChI=1S/C18H30N2O/c1-18(2,10-12-21)15-19-17-9-6-11-20(14-17)13-16-7-4-3-5-8-16/h3-5,7-8,17,19,21H,6,9-15H2,1-2H3. The summed E-state index contributed by atoms with van der Waals surface area (Å²) in [6.45, 7) is 9.09. The summed E-state index contributed by atoms with van der Waals surface area (Å²) in [6, 6.07) is 11.3. The zero-order valence-corrected chi connectivity index (χ0v) is 13.5. The first-order chi connectivity index (χ1) is 10.1. The van der Waals surface area contributed by atoms with E-state index >= 15 is 0 Å². The van der Waals surface area contributed by atoms with Crippen LogP contribution in [0.5, 0.6) is 0 Å². The summed E-state index contributed by atoms with van der Waals surface area (Å²) in [5.41, 5.74) is 1.58. The number of nitrogens with zero attached hydrogens (tertiary/aromatic N) is 1. The predicted octanol–water partition coefficient (Wildman–Crippen LogP) is 2.65. The molecule has 1 fully saturated rings. The van der Waals surface area contributed by atoms with Gasteiger partial charge in [0, 0.05) is 32.3 Å².